The van der Waals surface area contributed by atoms with Gasteiger partial charge in [0.05, 0.1) is 17.6 Å². The molecule has 0 bridgehead atoms. The van der Waals surface area contributed by atoms with Gasteiger partial charge in [-0.1, -0.05) is 42.8 Å². The molecule has 2 aliphatic rings. The molecule has 1 amide bonds. The van der Waals surface area contributed by atoms with Crippen LogP contribution >= 0.6 is 22.9 Å². The maximum Gasteiger partial charge on any atom is 0.262 e. The van der Waals surface area contributed by atoms with Crippen LogP contribution in [0.25, 0.3) is 11.1 Å². The Balaban J connectivity index is 1.11. The molecule has 226 valence electrons. The van der Waals surface area contributed by atoms with E-state index in [0.29, 0.717) is 15.6 Å². The Hall–Kier alpha value is -3.44. The third kappa shape index (κ3) is 6.57. The number of hydrogen-bond acceptors (Lipinski definition) is 7. The number of hydrogen-bond donors (Lipinski definition) is 1. The lowest BCUT2D eigenvalue weighted by atomic mass is 9.91. The summed E-state index contributed by atoms with van der Waals surface area (Å²) in [4.78, 5) is 22.5. The van der Waals surface area contributed by atoms with Crippen LogP contribution in [0.15, 0.2) is 55.1 Å². The zero-order valence-corrected chi connectivity index (χ0v) is 26.2. The zero-order valence-electron chi connectivity index (χ0n) is 24.7. The third-order valence-corrected chi connectivity index (χ3v) is 9.91. The Morgan fingerprint density at radius 3 is 2.74 bits per heavy atom. The number of rotatable bonds is 11. The maximum atomic E-state index is 12.3. The van der Waals surface area contributed by atoms with Gasteiger partial charge in [0.15, 0.2) is 0 Å². The molecule has 2 atom stereocenters. The first kappa shape index (κ1) is 29.6. The number of nitrogens with two attached hydrogens (primary N) is 1. The lowest BCUT2D eigenvalue weighted by Crippen LogP contribution is -2.46. The van der Waals surface area contributed by atoms with Crippen molar-refractivity contribution in [1.29, 1.82) is 0 Å². The van der Waals surface area contributed by atoms with E-state index in [1.165, 1.54) is 30.0 Å². The minimum absolute atomic E-state index is 0.214. The molecule has 0 saturated carbocycles. The van der Waals surface area contributed by atoms with Crippen molar-refractivity contribution in [2.75, 3.05) is 39.3 Å². The van der Waals surface area contributed by atoms with Crippen LogP contribution < -0.4 is 10.5 Å². The lowest BCUT2D eigenvalue weighted by Gasteiger charge is -2.33. The molecule has 4 heterocycles. The molecule has 11 heteroatoms. The van der Waals surface area contributed by atoms with E-state index in [0.717, 1.165) is 67.5 Å². The number of piperazine rings is 1. The molecular weight excluding hydrogens is 582 g/mol. The molecule has 1 aliphatic carbocycles. The van der Waals surface area contributed by atoms with Gasteiger partial charge in [-0.25, -0.2) is 4.98 Å². The topological polar surface area (TPSA) is 94.4 Å². The van der Waals surface area contributed by atoms with Gasteiger partial charge in [-0.3, -0.25) is 14.0 Å². The van der Waals surface area contributed by atoms with Crippen LogP contribution in [0, 0.1) is 0 Å². The number of carbonyl (C=O) groups excluding carboxylic acids is 1. The Morgan fingerprint density at radius 2 is 1.98 bits per heavy atom. The van der Waals surface area contributed by atoms with E-state index in [4.69, 9.17) is 27.1 Å². The second-order valence-electron chi connectivity index (χ2n) is 11.2. The summed E-state index contributed by atoms with van der Waals surface area (Å²) in [6, 6.07) is 9.38. The summed E-state index contributed by atoms with van der Waals surface area (Å²) in [5.74, 6) is 0.126. The van der Waals surface area contributed by atoms with Crippen molar-refractivity contribution in [3.05, 3.63) is 87.5 Å². The number of likely N-dealkylation sites (N-methyl/N-ethyl adjacent to an activating group) is 1. The van der Waals surface area contributed by atoms with Crippen molar-refractivity contribution in [3.8, 4) is 10.8 Å². The maximum absolute atomic E-state index is 12.3. The van der Waals surface area contributed by atoms with E-state index in [1.807, 2.05) is 48.0 Å². The highest BCUT2D eigenvalue weighted by molar-refractivity contribution is 7.16. The fraction of sp³-hybridized carbons (Fsp3) is 0.406. The third-order valence-electron chi connectivity index (χ3n) is 8.43. The molecule has 3 aromatic heterocycles. The number of halogens is 1. The summed E-state index contributed by atoms with van der Waals surface area (Å²) >= 11 is 7.67. The molecular formula is C32H38ClN7O2S. The first-order chi connectivity index (χ1) is 20.9. The molecule has 4 aromatic rings. The number of amides is 1. The van der Waals surface area contributed by atoms with Crippen LogP contribution in [-0.4, -0.2) is 74.3 Å². The van der Waals surface area contributed by atoms with Crippen molar-refractivity contribution >= 4 is 34.9 Å². The fourth-order valence-electron chi connectivity index (χ4n) is 5.89. The number of thiophene rings is 1. The average molecular weight is 620 g/mol. The Bertz CT molecular complexity index is 1600. The molecule has 2 unspecified atom stereocenters. The molecule has 1 aliphatic heterocycles. The summed E-state index contributed by atoms with van der Waals surface area (Å²) in [6.45, 7) is 12.0. The summed E-state index contributed by atoms with van der Waals surface area (Å²) in [5, 5.41) is 6.08. The van der Waals surface area contributed by atoms with Crippen LogP contribution in [0.4, 0.5) is 0 Å². The normalized spacial score (nSPS) is 18.1. The molecule has 0 spiro atoms. The number of ether oxygens (including phenoxy) is 1. The molecule has 43 heavy (non-hydrogen) atoms. The van der Waals surface area contributed by atoms with Gasteiger partial charge >= 0.3 is 0 Å². The first-order valence-electron chi connectivity index (χ1n) is 15.0. The van der Waals surface area contributed by atoms with Crippen LogP contribution in [-0.2, 0) is 13.0 Å². The van der Waals surface area contributed by atoms with Gasteiger partial charge in [0.2, 0.25) is 0 Å². The number of fused-ring (bicyclic) bond motifs is 1. The molecule has 1 aromatic carbocycles. The monoisotopic (exact) mass is 619 g/mol. The van der Waals surface area contributed by atoms with Gasteiger partial charge in [0, 0.05) is 67.9 Å². The molecule has 1 saturated heterocycles. The largest absolute Gasteiger partial charge is 0.484 e. The van der Waals surface area contributed by atoms with Gasteiger partial charge in [-0.2, -0.15) is 5.10 Å². The van der Waals surface area contributed by atoms with Crippen molar-refractivity contribution in [2.24, 2.45) is 5.73 Å². The van der Waals surface area contributed by atoms with E-state index < -0.39 is 5.91 Å². The van der Waals surface area contributed by atoms with Crippen molar-refractivity contribution < 1.29 is 9.53 Å². The van der Waals surface area contributed by atoms with Gasteiger partial charge < -0.3 is 20.3 Å². The van der Waals surface area contributed by atoms with E-state index in [2.05, 4.69) is 44.9 Å². The van der Waals surface area contributed by atoms with Gasteiger partial charge in [-0.15, -0.1) is 11.3 Å². The number of allylic oxidation sites excluding steroid dienone is 1. The highest BCUT2D eigenvalue weighted by Gasteiger charge is 2.25. The molecule has 1 fully saturated rings. The van der Waals surface area contributed by atoms with Crippen molar-refractivity contribution in [3.63, 3.8) is 0 Å². The molecule has 0 radical (unpaired) electrons. The average Bonchev–Trinajstić information content (AvgIpc) is 3.76. The number of benzene rings is 1. The highest BCUT2D eigenvalue weighted by Crippen LogP contribution is 2.38. The predicted molar refractivity (Wildman–Crippen MR) is 171 cm³/mol. The SMILES string of the molecule is CCN1CCN(CCCn2cc(C3C=Cc4c(ncn4-c4cc(OC(C)c5ccccc5Cl)c(C(N)=O)s4)C3)cn2)CC1. The Kier molecular flexibility index (Phi) is 8.99. The summed E-state index contributed by atoms with van der Waals surface area (Å²) < 4.78 is 10.3. The second-order valence-corrected chi connectivity index (χ2v) is 12.6. The number of nitrogens with zero attached hydrogens (tertiary/aromatic N) is 6. The van der Waals surface area contributed by atoms with Crippen LogP contribution in [0.3, 0.4) is 0 Å². The van der Waals surface area contributed by atoms with Gasteiger partial charge in [-0.05, 0) is 44.1 Å². The van der Waals surface area contributed by atoms with E-state index >= 15 is 0 Å². The first-order valence-corrected chi connectivity index (χ1v) is 16.2. The highest BCUT2D eigenvalue weighted by atomic mass is 35.5. The molecule has 2 N–H and O–H groups in total. The minimum atomic E-state index is -0.529. The summed E-state index contributed by atoms with van der Waals surface area (Å²) in [7, 11) is 0. The van der Waals surface area contributed by atoms with E-state index in [9.17, 15) is 4.79 Å². The Labute approximate surface area is 261 Å². The van der Waals surface area contributed by atoms with E-state index in [-0.39, 0.29) is 12.0 Å². The number of imidazole rings is 1. The van der Waals surface area contributed by atoms with Gasteiger partial charge in [0.1, 0.15) is 28.1 Å². The van der Waals surface area contributed by atoms with Crippen LogP contribution in [0.1, 0.15) is 64.5 Å². The quantitative estimate of drug-likeness (QED) is 0.242. The number of carbonyl (C=O) groups is 1. The summed E-state index contributed by atoms with van der Waals surface area (Å²) in [6.07, 6.45) is 11.8. The second kappa shape index (κ2) is 13.1. The number of primary amides is 1. The molecule has 6 rings (SSSR count). The minimum Gasteiger partial charge on any atom is -0.484 e. The smallest absolute Gasteiger partial charge is 0.262 e. The lowest BCUT2D eigenvalue weighted by molar-refractivity contribution is 0.0998. The van der Waals surface area contributed by atoms with Crippen molar-refractivity contribution in [1.82, 2.24) is 29.1 Å². The fourth-order valence-corrected chi connectivity index (χ4v) is 7.11. The van der Waals surface area contributed by atoms with Crippen LogP contribution in [0.2, 0.25) is 5.02 Å². The zero-order chi connectivity index (χ0) is 29.9. The standard InChI is InChI=1S/C32H38ClN7O2S/c1-3-37-13-15-38(16-14-37)11-6-12-39-20-24(19-36-39)23-9-10-28-27(17-23)35-21-40(28)30-18-29(31(43-30)32(34)41)42-22(2)25-7-4-5-8-26(25)33/h4-5,7-10,18-23H,3,6,11-17H2,1-2H3,(H2,34,41). The Morgan fingerprint density at radius 1 is 1.19 bits per heavy atom. The van der Waals surface area contributed by atoms with Crippen LogP contribution in [0.5, 0.6) is 5.75 Å². The van der Waals surface area contributed by atoms with Crippen molar-refractivity contribution in [2.45, 2.75) is 45.3 Å². The van der Waals surface area contributed by atoms with Gasteiger partial charge in [0.25, 0.3) is 5.91 Å². The summed E-state index contributed by atoms with van der Waals surface area (Å²) in [5.41, 5.74) is 9.78. The number of aromatic nitrogens is 4. The van der Waals surface area contributed by atoms with E-state index in [1.54, 1.807) is 6.33 Å². The predicted octanol–water partition coefficient (Wildman–Crippen LogP) is 5.40. The molecule has 9 nitrogen and oxygen atoms in total. The number of aryl methyl sites for hydroxylation is 1.